The summed E-state index contributed by atoms with van der Waals surface area (Å²) in [7, 11) is 1.92. The number of hydrogen-bond acceptors (Lipinski definition) is 4. The quantitative estimate of drug-likeness (QED) is 0.496. The fourth-order valence-corrected chi connectivity index (χ4v) is 5.51. The molecular formula is C25H27N7O. The maximum absolute atomic E-state index is 12.5. The van der Waals surface area contributed by atoms with Crippen LogP contribution in [-0.4, -0.2) is 37.1 Å². The molecule has 8 nitrogen and oxygen atoms in total. The Morgan fingerprint density at radius 1 is 1.12 bits per heavy atom. The average Bonchev–Trinajstić information content (AvgIpc) is 3.53. The molecule has 2 N–H and O–H groups in total. The fraction of sp³-hybridized carbons (Fsp3) is 0.360. The molecule has 0 saturated carbocycles. The van der Waals surface area contributed by atoms with Crippen molar-refractivity contribution in [2.45, 2.75) is 43.7 Å². The summed E-state index contributed by atoms with van der Waals surface area (Å²) in [6, 6.07) is 14.4. The molecule has 1 spiro atoms. The SMILES string of the molecule is Cn1nccc1C1CCC2(CCNC(=O)N1)CCn1nc(-c3cnc4ccccc4c3)cc12. The van der Waals surface area contributed by atoms with Crippen LogP contribution in [0.15, 0.2) is 54.9 Å². The molecule has 168 valence electrons. The highest BCUT2D eigenvalue weighted by Crippen LogP contribution is 2.44. The van der Waals surface area contributed by atoms with Crippen LogP contribution in [0.1, 0.15) is 43.1 Å². The van der Waals surface area contributed by atoms with E-state index in [9.17, 15) is 4.79 Å². The van der Waals surface area contributed by atoms with Crippen LogP contribution in [0.3, 0.4) is 0 Å². The largest absolute Gasteiger partial charge is 0.338 e. The van der Waals surface area contributed by atoms with E-state index in [-0.39, 0.29) is 17.5 Å². The van der Waals surface area contributed by atoms with Crippen molar-refractivity contribution in [3.63, 3.8) is 0 Å². The third-order valence-electron chi connectivity index (χ3n) is 7.33. The molecule has 8 heteroatoms. The number of rotatable bonds is 2. The standard InChI is InChI=1S/C25H27N7O/c1-31-22(7-11-28-31)20-6-8-25(9-12-26-24(33)29-20)10-13-32-23(25)15-21(30-32)18-14-17-4-2-3-5-19(17)27-16-18/h2-5,7,11,14-16,20H,6,8-10,12-13H2,1H3,(H2,26,29,33). The highest BCUT2D eigenvalue weighted by Gasteiger charge is 2.41. The van der Waals surface area contributed by atoms with Gasteiger partial charge in [0.25, 0.3) is 0 Å². The Bertz CT molecular complexity index is 1340. The summed E-state index contributed by atoms with van der Waals surface area (Å²) in [6.45, 7) is 1.54. The van der Waals surface area contributed by atoms with Crippen LogP contribution in [0.25, 0.3) is 22.2 Å². The smallest absolute Gasteiger partial charge is 0.315 e. The zero-order valence-electron chi connectivity index (χ0n) is 18.7. The predicted molar refractivity (Wildman–Crippen MR) is 126 cm³/mol. The van der Waals surface area contributed by atoms with Crippen molar-refractivity contribution in [3.8, 4) is 11.3 Å². The molecule has 33 heavy (non-hydrogen) atoms. The lowest BCUT2D eigenvalue weighted by Crippen LogP contribution is -2.38. The average molecular weight is 442 g/mol. The second-order valence-electron chi connectivity index (χ2n) is 9.21. The first-order chi connectivity index (χ1) is 16.1. The van der Waals surface area contributed by atoms with E-state index < -0.39 is 0 Å². The number of amides is 2. The number of pyridine rings is 1. The summed E-state index contributed by atoms with van der Waals surface area (Å²) in [5.74, 6) is 0. The second kappa shape index (κ2) is 7.72. The Balaban J connectivity index is 1.34. The Morgan fingerprint density at radius 3 is 2.91 bits per heavy atom. The van der Waals surface area contributed by atoms with E-state index in [1.54, 1.807) is 6.20 Å². The fourth-order valence-electron chi connectivity index (χ4n) is 5.51. The third-order valence-corrected chi connectivity index (χ3v) is 7.33. The van der Waals surface area contributed by atoms with E-state index in [0.29, 0.717) is 6.54 Å². The van der Waals surface area contributed by atoms with Gasteiger partial charge in [0, 0.05) is 54.6 Å². The van der Waals surface area contributed by atoms with Crippen LogP contribution >= 0.6 is 0 Å². The van der Waals surface area contributed by atoms with Crippen molar-refractivity contribution >= 4 is 16.9 Å². The highest BCUT2D eigenvalue weighted by atomic mass is 16.2. The van der Waals surface area contributed by atoms with Crippen LogP contribution in [0.4, 0.5) is 4.79 Å². The lowest BCUT2D eigenvalue weighted by atomic mass is 9.75. The lowest BCUT2D eigenvalue weighted by molar-refractivity contribution is 0.236. The predicted octanol–water partition coefficient (Wildman–Crippen LogP) is 3.70. The lowest BCUT2D eigenvalue weighted by Gasteiger charge is -2.29. The molecule has 6 rings (SSSR count). The first kappa shape index (κ1) is 20.0. The van der Waals surface area contributed by atoms with Gasteiger partial charge in [0.15, 0.2) is 0 Å². The molecule has 0 radical (unpaired) electrons. The maximum atomic E-state index is 12.5. The van der Waals surface area contributed by atoms with Gasteiger partial charge >= 0.3 is 6.03 Å². The summed E-state index contributed by atoms with van der Waals surface area (Å²) in [5, 5.41) is 16.6. The molecule has 2 aliphatic rings. The van der Waals surface area contributed by atoms with Crippen LogP contribution in [0.2, 0.25) is 0 Å². The van der Waals surface area contributed by atoms with Gasteiger partial charge in [-0.25, -0.2) is 4.79 Å². The van der Waals surface area contributed by atoms with E-state index in [1.165, 1.54) is 5.69 Å². The van der Waals surface area contributed by atoms with Gasteiger partial charge in [0.2, 0.25) is 0 Å². The van der Waals surface area contributed by atoms with Crippen LogP contribution in [0, 0.1) is 0 Å². The monoisotopic (exact) mass is 441 g/mol. The van der Waals surface area contributed by atoms with Gasteiger partial charge < -0.3 is 10.6 Å². The van der Waals surface area contributed by atoms with Crippen molar-refractivity contribution in [2.75, 3.05) is 6.54 Å². The Hall–Kier alpha value is -3.68. The van der Waals surface area contributed by atoms with Gasteiger partial charge in [-0.3, -0.25) is 14.3 Å². The number of carbonyl (C=O) groups excluding carboxylic acids is 1. The number of nitrogens with zero attached hydrogens (tertiary/aromatic N) is 5. The normalized spacial score (nSPS) is 22.9. The topological polar surface area (TPSA) is 89.7 Å². The summed E-state index contributed by atoms with van der Waals surface area (Å²) in [5.41, 5.74) is 5.28. The van der Waals surface area contributed by atoms with Crippen molar-refractivity contribution in [2.24, 2.45) is 7.05 Å². The molecule has 1 fully saturated rings. The van der Waals surface area contributed by atoms with Crippen molar-refractivity contribution < 1.29 is 4.79 Å². The number of aromatic nitrogens is 5. The van der Waals surface area contributed by atoms with Crippen LogP contribution in [0.5, 0.6) is 0 Å². The van der Waals surface area contributed by atoms with Crippen molar-refractivity contribution in [1.82, 2.24) is 35.2 Å². The molecule has 5 heterocycles. The van der Waals surface area contributed by atoms with Gasteiger partial charge in [-0.05, 0) is 49.9 Å². The number of urea groups is 1. The van der Waals surface area contributed by atoms with Gasteiger partial charge in [-0.1, -0.05) is 18.2 Å². The number of carbonyl (C=O) groups is 1. The number of hydrogen-bond donors (Lipinski definition) is 2. The zero-order valence-corrected chi connectivity index (χ0v) is 18.7. The Labute approximate surface area is 192 Å². The number of fused-ring (bicyclic) bond motifs is 3. The summed E-state index contributed by atoms with van der Waals surface area (Å²) < 4.78 is 4.01. The van der Waals surface area contributed by atoms with E-state index in [2.05, 4.69) is 43.6 Å². The molecule has 2 unspecified atom stereocenters. The van der Waals surface area contributed by atoms with E-state index >= 15 is 0 Å². The van der Waals surface area contributed by atoms with E-state index in [0.717, 1.165) is 60.1 Å². The first-order valence-corrected chi connectivity index (χ1v) is 11.6. The number of aryl methyl sites for hydroxylation is 2. The molecule has 0 aliphatic carbocycles. The highest BCUT2D eigenvalue weighted by molar-refractivity contribution is 5.82. The van der Waals surface area contributed by atoms with E-state index in [4.69, 9.17) is 5.10 Å². The molecule has 2 amide bonds. The number of benzene rings is 1. The summed E-state index contributed by atoms with van der Waals surface area (Å²) in [4.78, 5) is 17.1. The van der Waals surface area contributed by atoms with Crippen molar-refractivity contribution in [3.05, 3.63) is 66.2 Å². The molecule has 4 aromatic rings. The summed E-state index contributed by atoms with van der Waals surface area (Å²) >= 11 is 0. The first-order valence-electron chi connectivity index (χ1n) is 11.6. The molecule has 3 aromatic heterocycles. The molecule has 0 bridgehead atoms. The molecule has 1 saturated heterocycles. The molecular weight excluding hydrogens is 414 g/mol. The minimum absolute atomic E-state index is 0.00826. The Morgan fingerprint density at radius 2 is 2.03 bits per heavy atom. The van der Waals surface area contributed by atoms with Crippen LogP contribution in [-0.2, 0) is 19.0 Å². The minimum atomic E-state index is -0.118. The molecule has 2 atom stereocenters. The van der Waals surface area contributed by atoms with Gasteiger partial charge in [0.05, 0.1) is 22.9 Å². The minimum Gasteiger partial charge on any atom is -0.338 e. The zero-order chi connectivity index (χ0) is 22.4. The Kier molecular flexibility index (Phi) is 4.67. The number of para-hydroxylation sites is 1. The third kappa shape index (κ3) is 3.46. The van der Waals surface area contributed by atoms with Gasteiger partial charge in [0.1, 0.15) is 0 Å². The van der Waals surface area contributed by atoms with Crippen LogP contribution < -0.4 is 10.6 Å². The van der Waals surface area contributed by atoms with Crippen molar-refractivity contribution in [1.29, 1.82) is 0 Å². The summed E-state index contributed by atoms with van der Waals surface area (Å²) in [6.07, 6.45) is 7.47. The maximum Gasteiger partial charge on any atom is 0.315 e. The second-order valence-corrected chi connectivity index (χ2v) is 9.21. The van der Waals surface area contributed by atoms with Gasteiger partial charge in [-0.15, -0.1) is 0 Å². The molecule has 2 aliphatic heterocycles. The number of nitrogens with one attached hydrogen (secondary N) is 2. The van der Waals surface area contributed by atoms with Gasteiger partial charge in [-0.2, -0.15) is 10.2 Å². The van der Waals surface area contributed by atoms with E-state index in [1.807, 2.05) is 42.2 Å². The molecule has 1 aromatic carbocycles.